The average molecular weight is 331 g/mol. The summed E-state index contributed by atoms with van der Waals surface area (Å²) >= 11 is 0. The van der Waals surface area contributed by atoms with Gasteiger partial charge in [-0.15, -0.1) is 0 Å². The highest BCUT2D eigenvalue weighted by Gasteiger charge is 2.22. The third-order valence-corrected chi connectivity index (χ3v) is 4.08. The van der Waals surface area contributed by atoms with E-state index >= 15 is 0 Å². The van der Waals surface area contributed by atoms with E-state index in [1.54, 1.807) is 0 Å². The normalized spacial score (nSPS) is 11.4. The minimum Gasteiger partial charge on any atom is -0.469 e. The summed E-state index contributed by atoms with van der Waals surface area (Å²) in [4.78, 5) is 22.9. The Kier molecular flexibility index (Phi) is 18.1. The zero-order valence-corrected chi connectivity index (χ0v) is 15.4. The summed E-state index contributed by atoms with van der Waals surface area (Å²) in [6, 6.07) is 0. The van der Waals surface area contributed by atoms with Gasteiger partial charge >= 0.3 is 11.9 Å². The third kappa shape index (κ3) is 14.2. The fourth-order valence-electron chi connectivity index (χ4n) is 2.63. The second-order valence-corrected chi connectivity index (χ2v) is 5.97. The molecule has 0 rings (SSSR count). The number of hydrogen-bond donors (Lipinski definition) is 1. The van der Waals surface area contributed by atoms with E-state index in [-0.39, 0.29) is 30.4 Å². The van der Waals surface area contributed by atoms with Crippen LogP contribution in [0.2, 0.25) is 0 Å². The van der Waals surface area contributed by atoms with Crippen molar-refractivity contribution in [2.24, 2.45) is 5.92 Å². The van der Waals surface area contributed by atoms with Gasteiger partial charge in [0.05, 0.1) is 26.6 Å². The Hall–Kier alpha value is -1.10. The lowest BCUT2D eigenvalue weighted by atomic mass is 9.97. The lowest BCUT2D eigenvalue weighted by Crippen LogP contribution is -2.20. The number of esters is 2. The second-order valence-electron chi connectivity index (χ2n) is 5.97. The monoisotopic (exact) mass is 331 g/mol. The van der Waals surface area contributed by atoms with Gasteiger partial charge in [-0.3, -0.25) is 9.59 Å². The van der Waals surface area contributed by atoms with Crippen LogP contribution in [-0.4, -0.2) is 26.2 Å². The fraction of sp³-hybridized carbons (Fsp3) is 0.889. The summed E-state index contributed by atoms with van der Waals surface area (Å²) in [5.74, 6) is -1.00. The van der Waals surface area contributed by atoms with Crippen LogP contribution in [0.5, 0.6) is 0 Å². The zero-order chi connectivity index (χ0) is 16.6. The van der Waals surface area contributed by atoms with E-state index in [4.69, 9.17) is 4.74 Å². The summed E-state index contributed by atoms with van der Waals surface area (Å²) in [5, 5.41) is 0. The highest BCUT2D eigenvalue weighted by Crippen LogP contribution is 2.18. The maximum Gasteiger partial charge on any atom is 0.309 e. The Labute approximate surface area is 142 Å². The predicted octanol–water partition coefficient (Wildman–Crippen LogP) is 4.81. The SMILES string of the molecule is CCCCCCCCCCCCC(CC(=O)OC)C(=O)OC.N. The fourth-order valence-corrected chi connectivity index (χ4v) is 2.63. The summed E-state index contributed by atoms with van der Waals surface area (Å²) in [6.45, 7) is 2.24. The van der Waals surface area contributed by atoms with E-state index in [9.17, 15) is 9.59 Å². The van der Waals surface area contributed by atoms with Crippen LogP contribution >= 0.6 is 0 Å². The van der Waals surface area contributed by atoms with E-state index in [1.807, 2.05) is 0 Å². The van der Waals surface area contributed by atoms with Crippen LogP contribution in [0.15, 0.2) is 0 Å². The van der Waals surface area contributed by atoms with Gasteiger partial charge in [-0.2, -0.15) is 0 Å². The lowest BCUT2D eigenvalue weighted by Gasteiger charge is -2.13. The zero-order valence-electron chi connectivity index (χ0n) is 15.4. The molecular weight excluding hydrogens is 294 g/mol. The number of unbranched alkanes of at least 4 members (excludes halogenated alkanes) is 9. The van der Waals surface area contributed by atoms with Crippen LogP contribution in [0.25, 0.3) is 0 Å². The molecule has 0 aromatic rings. The Morgan fingerprint density at radius 3 is 1.70 bits per heavy atom. The van der Waals surface area contributed by atoms with Crippen LogP contribution in [0.1, 0.15) is 84.0 Å². The lowest BCUT2D eigenvalue weighted by molar-refractivity contribution is -0.152. The van der Waals surface area contributed by atoms with Crippen molar-refractivity contribution < 1.29 is 19.1 Å². The molecule has 1 atom stereocenters. The van der Waals surface area contributed by atoms with Gasteiger partial charge in [-0.25, -0.2) is 0 Å². The average Bonchev–Trinajstić information content (AvgIpc) is 2.54. The summed E-state index contributed by atoms with van der Waals surface area (Å²) in [5.41, 5.74) is 0. The Bertz CT molecular complexity index is 295. The van der Waals surface area contributed by atoms with E-state index in [1.165, 1.54) is 65.6 Å². The molecule has 5 nitrogen and oxygen atoms in total. The van der Waals surface area contributed by atoms with Gasteiger partial charge in [-0.05, 0) is 6.42 Å². The molecule has 0 aliphatic carbocycles. The van der Waals surface area contributed by atoms with Crippen molar-refractivity contribution in [3.8, 4) is 0 Å². The van der Waals surface area contributed by atoms with Gasteiger partial charge in [0.2, 0.25) is 0 Å². The van der Waals surface area contributed by atoms with Gasteiger partial charge in [0.1, 0.15) is 0 Å². The first-order valence-electron chi connectivity index (χ1n) is 8.80. The number of methoxy groups -OCH3 is 2. The molecule has 0 aromatic carbocycles. The Morgan fingerprint density at radius 1 is 0.783 bits per heavy atom. The molecule has 3 N–H and O–H groups in total. The van der Waals surface area contributed by atoms with Crippen molar-refractivity contribution in [2.75, 3.05) is 14.2 Å². The van der Waals surface area contributed by atoms with Gasteiger partial charge in [0, 0.05) is 0 Å². The molecular formula is C18H37NO4. The van der Waals surface area contributed by atoms with Crippen LogP contribution in [-0.2, 0) is 19.1 Å². The molecule has 0 radical (unpaired) electrons. The molecule has 23 heavy (non-hydrogen) atoms. The smallest absolute Gasteiger partial charge is 0.309 e. The van der Waals surface area contributed by atoms with Crippen molar-refractivity contribution in [1.29, 1.82) is 0 Å². The first-order chi connectivity index (χ1) is 10.7. The second kappa shape index (κ2) is 17.3. The van der Waals surface area contributed by atoms with Crippen LogP contribution in [0, 0.1) is 5.92 Å². The van der Waals surface area contributed by atoms with Crippen molar-refractivity contribution in [3.05, 3.63) is 0 Å². The van der Waals surface area contributed by atoms with Gasteiger partial charge in [0.15, 0.2) is 0 Å². The topological polar surface area (TPSA) is 87.6 Å². The molecule has 0 bridgehead atoms. The molecule has 1 unspecified atom stereocenters. The first-order valence-corrected chi connectivity index (χ1v) is 8.80. The van der Waals surface area contributed by atoms with Gasteiger partial charge in [-0.1, -0.05) is 71.1 Å². The van der Waals surface area contributed by atoms with E-state index < -0.39 is 0 Å². The molecule has 0 saturated heterocycles. The molecule has 0 spiro atoms. The number of carbonyl (C=O) groups is 2. The highest BCUT2D eigenvalue weighted by atomic mass is 16.5. The molecule has 0 aliphatic rings. The Morgan fingerprint density at radius 2 is 1.26 bits per heavy atom. The molecule has 0 aliphatic heterocycles. The van der Waals surface area contributed by atoms with Crippen LogP contribution in [0.3, 0.4) is 0 Å². The predicted molar refractivity (Wildman–Crippen MR) is 93.6 cm³/mol. The molecule has 138 valence electrons. The van der Waals surface area contributed by atoms with Gasteiger partial charge in [0.25, 0.3) is 0 Å². The first kappa shape index (κ1) is 24.2. The molecule has 0 amide bonds. The standard InChI is InChI=1S/C18H34O4.H3N/c1-4-5-6-7-8-9-10-11-12-13-14-16(18(20)22-3)15-17(19)21-2;/h16H,4-15H2,1-3H3;1H3. The maximum absolute atomic E-state index is 11.6. The van der Waals surface area contributed by atoms with Crippen molar-refractivity contribution in [3.63, 3.8) is 0 Å². The van der Waals surface area contributed by atoms with Crippen LogP contribution in [0.4, 0.5) is 0 Å². The van der Waals surface area contributed by atoms with Crippen molar-refractivity contribution in [1.82, 2.24) is 6.15 Å². The molecule has 0 heterocycles. The molecule has 0 saturated carbocycles. The number of ether oxygens (including phenoxy) is 2. The van der Waals surface area contributed by atoms with E-state index in [0.717, 1.165) is 12.8 Å². The largest absolute Gasteiger partial charge is 0.469 e. The highest BCUT2D eigenvalue weighted by molar-refractivity contribution is 5.79. The van der Waals surface area contributed by atoms with Crippen LogP contribution < -0.4 is 6.15 Å². The summed E-state index contributed by atoms with van der Waals surface area (Å²) < 4.78 is 9.38. The Balaban J connectivity index is 0. The number of carbonyl (C=O) groups excluding carboxylic acids is 2. The minimum atomic E-state index is -0.355. The molecule has 5 heteroatoms. The summed E-state index contributed by atoms with van der Waals surface area (Å²) in [6.07, 6.45) is 13.4. The minimum absolute atomic E-state index is 0. The number of rotatable bonds is 14. The number of hydrogen-bond acceptors (Lipinski definition) is 5. The third-order valence-electron chi connectivity index (χ3n) is 4.08. The van der Waals surface area contributed by atoms with Crippen molar-refractivity contribution in [2.45, 2.75) is 84.0 Å². The quantitative estimate of drug-likeness (QED) is 0.364. The van der Waals surface area contributed by atoms with E-state index in [0.29, 0.717) is 6.42 Å². The van der Waals surface area contributed by atoms with Crippen molar-refractivity contribution >= 4 is 11.9 Å². The van der Waals surface area contributed by atoms with Gasteiger partial charge < -0.3 is 15.6 Å². The van der Waals surface area contributed by atoms with E-state index in [2.05, 4.69) is 11.7 Å². The molecule has 0 aromatic heterocycles. The summed E-state index contributed by atoms with van der Waals surface area (Å²) in [7, 11) is 2.71. The maximum atomic E-state index is 11.6. The molecule has 0 fully saturated rings.